The Balaban J connectivity index is 1.48. The molecule has 0 saturated carbocycles. The van der Waals surface area contributed by atoms with Crippen LogP contribution in [0.1, 0.15) is 75.8 Å². The van der Waals surface area contributed by atoms with E-state index in [1.54, 1.807) is 23.5 Å². The molecule has 1 atom stereocenters. The lowest BCUT2D eigenvalue weighted by atomic mass is 10.0. The highest BCUT2D eigenvalue weighted by Gasteiger charge is 2.43. The summed E-state index contributed by atoms with van der Waals surface area (Å²) in [5.41, 5.74) is -2.21. The Labute approximate surface area is 269 Å². The molecule has 3 aliphatic rings. The molecule has 44 heavy (non-hydrogen) atoms. The van der Waals surface area contributed by atoms with Crippen LogP contribution in [0.5, 0.6) is 0 Å². The van der Waals surface area contributed by atoms with Crippen LogP contribution in [0.25, 0.3) is 16.7 Å². The first-order chi connectivity index (χ1) is 21.1. The molecule has 232 valence electrons. The molecule has 0 bridgehead atoms. The van der Waals surface area contributed by atoms with Crippen molar-refractivity contribution < 1.29 is 19.7 Å². The SMILES string of the molecule is CCCCCCCCCCC1CSC2=C(SC(=C3c4cc([N+](=O)[O-])cc([N+](=O)[O-])c4-c4c3cc([N+](=O)[O-])cc4[N+](=O)[O-])S2)S1. The van der Waals surface area contributed by atoms with E-state index in [0.29, 0.717) is 15.1 Å². The third-order valence-electron chi connectivity index (χ3n) is 7.60. The minimum Gasteiger partial charge on any atom is -0.258 e. The summed E-state index contributed by atoms with van der Waals surface area (Å²) < 4.78 is 2.71. The fourth-order valence-electron chi connectivity index (χ4n) is 5.54. The fraction of sp³-hybridized carbons (Fsp3) is 0.429. The lowest BCUT2D eigenvalue weighted by Crippen LogP contribution is -2.09. The zero-order chi connectivity index (χ0) is 31.5. The summed E-state index contributed by atoms with van der Waals surface area (Å²) in [6, 6.07) is 3.90. The van der Waals surface area contributed by atoms with E-state index in [9.17, 15) is 40.5 Å². The van der Waals surface area contributed by atoms with Crippen molar-refractivity contribution in [1.82, 2.24) is 0 Å². The van der Waals surface area contributed by atoms with Crippen LogP contribution in [0.3, 0.4) is 0 Å². The molecular weight excluding hydrogens is 649 g/mol. The van der Waals surface area contributed by atoms with Crippen molar-refractivity contribution in [2.45, 2.75) is 70.0 Å². The molecule has 2 aromatic rings. The number of hydrogen-bond donors (Lipinski definition) is 0. The molecule has 0 aromatic heterocycles. The number of nitro benzene ring substituents is 4. The van der Waals surface area contributed by atoms with Crippen molar-refractivity contribution >= 4 is 75.4 Å². The Bertz CT molecular complexity index is 1540. The number of unbranched alkanes of at least 4 members (excludes halogenated alkanes) is 7. The predicted octanol–water partition coefficient (Wildman–Crippen LogP) is 10.0. The second-order valence-electron chi connectivity index (χ2n) is 10.6. The lowest BCUT2D eigenvalue weighted by molar-refractivity contribution is -0.395. The minimum absolute atomic E-state index is 0.0878. The van der Waals surface area contributed by atoms with Gasteiger partial charge in [-0.05, 0) is 6.42 Å². The van der Waals surface area contributed by atoms with E-state index in [0.717, 1.165) is 39.2 Å². The summed E-state index contributed by atoms with van der Waals surface area (Å²) in [6.07, 6.45) is 11.0. The number of rotatable bonds is 13. The summed E-state index contributed by atoms with van der Waals surface area (Å²) in [5, 5.41) is 48.2. The monoisotopic (exact) mass is 676 g/mol. The molecule has 0 spiro atoms. The van der Waals surface area contributed by atoms with Gasteiger partial charge < -0.3 is 0 Å². The van der Waals surface area contributed by atoms with Crippen molar-refractivity contribution in [3.8, 4) is 11.1 Å². The number of thioether (sulfide) groups is 4. The molecule has 16 heteroatoms. The highest BCUT2D eigenvalue weighted by molar-refractivity contribution is 8.41. The maximum atomic E-state index is 12.1. The maximum absolute atomic E-state index is 12.1. The Morgan fingerprint density at radius 2 is 1.16 bits per heavy atom. The highest BCUT2D eigenvalue weighted by atomic mass is 32.3. The quantitative estimate of drug-likeness (QED) is 0.0953. The smallest absolute Gasteiger partial charge is 0.258 e. The van der Waals surface area contributed by atoms with Crippen LogP contribution in [-0.2, 0) is 0 Å². The van der Waals surface area contributed by atoms with E-state index in [4.69, 9.17) is 0 Å². The second kappa shape index (κ2) is 13.9. The van der Waals surface area contributed by atoms with Crippen LogP contribution < -0.4 is 0 Å². The van der Waals surface area contributed by atoms with Gasteiger partial charge >= 0.3 is 0 Å². The molecule has 0 saturated heterocycles. The summed E-state index contributed by atoms with van der Waals surface area (Å²) in [6.45, 7) is 2.21. The van der Waals surface area contributed by atoms with Crippen LogP contribution in [0, 0.1) is 40.5 Å². The third-order valence-corrected chi connectivity index (χ3v) is 13.7. The molecule has 2 aromatic carbocycles. The molecule has 0 amide bonds. The summed E-state index contributed by atoms with van der Waals surface area (Å²) in [5.74, 6) is 0.914. The van der Waals surface area contributed by atoms with Crippen molar-refractivity contribution in [3.05, 3.63) is 88.6 Å². The zero-order valence-electron chi connectivity index (χ0n) is 23.6. The van der Waals surface area contributed by atoms with Gasteiger partial charge in [-0.3, -0.25) is 40.5 Å². The van der Waals surface area contributed by atoms with Gasteiger partial charge in [0.2, 0.25) is 0 Å². The number of benzene rings is 2. The van der Waals surface area contributed by atoms with Gasteiger partial charge in [0.15, 0.2) is 0 Å². The molecule has 1 unspecified atom stereocenters. The Hall–Kier alpha value is -3.08. The Morgan fingerprint density at radius 3 is 1.66 bits per heavy atom. The molecule has 2 aliphatic heterocycles. The average molecular weight is 677 g/mol. The van der Waals surface area contributed by atoms with Gasteiger partial charge in [-0.25, -0.2) is 0 Å². The highest BCUT2D eigenvalue weighted by Crippen LogP contribution is 2.66. The number of fused-ring (bicyclic) bond motifs is 3. The first-order valence-corrected chi connectivity index (χ1v) is 17.7. The Kier molecular flexibility index (Phi) is 10.2. The molecule has 1 aliphatic carbocycles. The van der Waals surface area contributed by atoms with Crippen LogP contribution in [-0.4, -0.2) is 30.7 Å². The van der Waals surface area contributed by atoms with E-state index in [1.165, 1.54) is 80.6 Å². The number of non-ortho nitro benzene ring substituents is 2. The molecule has 2 heterocycles. The lowest BCUT2D eigenvalue weighted by Gasteiger charge is -2.21. The maximum Gasteiger partial charge on any atom is 0.284 e. The molecule has 0 N–H and O–H groups in total. The van der Waals surface area contributed by atoms with E-state index in [1.807, 2.05) is 0 Å². The number of hydrogen-bond acceptors (Lipinski definition) is 12. The Morgan fingerprint density at radius 1 is 0.659 bits per heavy atom. The molecular formula is C28H28N4O8S4. The van der Waals surface area contributed by atoms with E-state index < -0.39 is 42.4 Å². The first-order valence-electron chi connectivity index (χ1n) is 14.2. The van der Waals surface area contributed by atoms with E-state index >= 15 is 0 Å². The normalized spacial score (nSPS) is 17.0. The topological polar surface area (TPSA) is 173 Å². The largest absolute Gasteiger partial charge is 0.284 e. The van der Waals surface area contributed by atoms with Gasteiger partial charge in [0.1, 0.15) is 0 Å². The van der Waals surface area contributed by atoms with Crippen LogP contribution in [0.15, 0.2) is 37.0 Å². The minimum atomic E-state index is -0.811. The van der Waals surface area contributed by atoms with Gasteiger partial charge in [-0.1, -0.05) is 81.8 Å². The standard InChI is InChI=1S/C28H28N4O8S4/c1-2-3-4-5-6-7-8-9-10-18-15-41-27-28(42-18)44-26(43-27)23-19-11-16(29(33)34)13-21(31(37)38)24(19)25-20(23)12-17(30(35)36)14-22(25)32(39)40/h11-14,18H,2-10,15H2,1H3. The molecule has 5 rings (SSSR count). The fourth-order valence-corrected chi connectivity index (χ4v) is 12.1. The van der Waals surface area contributed by atoms with Crippen LogP contribution >= 0.6 is 47.0 Å². The van der Waals surface area contributed by atoms with Crippen LogP contribution in [0.2, 0.25) is 0 Å². The summed E-state index contributed by atoms with van der Waals surface area (Å²) >= 11 is 6.30. The van der Waals surface area contributed by atoms with Gasteiger partial charge in [0.05, 0.1) is 55.7 Å². The van der Waals surface area contributed by atoms with Crippen molar-refractivity contribution in [1.29, 1.82) is 0 Å². The third kappa shape index (κ3) is 6.62. The zero-order valence-corrected chi connectivity index (χ0v) is 26.9. The molecule has 0 radical (unpaired) electrons. The predicted molar refractivity (Wildman–Crippen MR) is 178 cm³/mol. The summed E-state index contributed by atoms with van der Waals surface area (Å²) in [4.78, 5) is 44.6. The number of nitrogens with zero attached hydrogens (tertiary/aromatic N) is 4. The van der Waals surface area contributed by atoms with Gasteiger partial charge in [0, 0.05) is 39.8 Å². The van der Waals surface area contributed by atoms with Crippen LogP contribution in [0.4, 0.5) is 22.7 Å². The number of nitro groups is 4. The summed E-state index contributed by atoms with van der Waals surface area (Å²) in [7, 11) is 0. The van der Waals surface area contributed by atoms with Crippen molar-refractivity contribution in [2.75, 3.05) is 5.75 Å². The van der Waals surface area contributed by atoms with Gasteiger partial charge in [0.25, 0.3) is 22.7 Å². The van der Waals surface area contributed by atoms with Gasteiger partial charge in [-0.15, -0.1) is 23.5 Å². The average Bonchev–Trinajstić information content (AvgIpc) is 3.55. The molecule has 0 fully saturated rings. The van der Waals surface area contributed by atoms with E-state index in [2.05, 4.69) is 6.92 Å². The van der Waals surface area contributed by atoms with Gasteiger partial charge in [-0.2, -0.15) is 0 Å². The van der Waals surface area contributed by atoms with E-state index in [-0.39, 0.29) is 22.3 Å². The van der Waals surface area contributed by atoms with Crippen molar-refractivity contribution in [2.24, 2.45) is 0 Å². The van der Waals surface area contributed by atoms with Crippen molar-refractivity contribution in [3.63, 3.8) is 0 Å². The first kappa shape index (κ1) is 32.3. The molecule has 12 nitrogen and oxygen atoms in total. The second-order valence-corrected chi connectivity index (χ2v) is 15.7.